The van der Waals surface area contributed by atoms with Gasteiger partial charge in [0.15, 0.2) is 0 Å². The Balaban J connectivity index is 1.75. The van der Waals surface area contributed by atoms with Crippen LogP contribution in [0.25, 0.3) is 0 Å². The number of amides is 1. The number of likely N-dealkylation sites (tertiary alicyclic amines) is 1. The predicted molar refractivity (Wildman–Crippen MR) is 100 cm³/mol. The molecule has 1 N–H and O–H groups in total. The summed E-state index contributed by atoms with van der Waals surface area (Å²) >= 11 is 0. The van der Waals surface area contributed by atoms with Crippen molar-refractivity contribution in [2.75, 3.05) is 33.4 Å². The third-order valence-corrected chi connectivity index (χ3v) is 4.79. The highest BCUT2D eigenvalue weighted by Crippen LogP contribution is 2.33. The summed E-state index contributed by atoms with van der Waals surface area (Å²) in [5, 5.41) is 9.61. The number of carbonyl (C=O) groups is 2. The molecule has 3 rings (SSSR count). The lowest BCUT2D eigenvalue weighted by molar-refractivity contribution is -0.141. The van der Waals surface area contributed by atoms with Crippen molar-refractivity contribution in [3.63, 3.8) is 0 Å². The molecule has 0 bridgehead atoms. The Morgan fingerprint density at radius 3 is 2.56 bits per heavy atom. The third-order valence-electron chi connectivity index (χ3n) is 4.79. The van der Waals surface area contributed by atoms with Gasteiger partial charge in [0.25, 0.3) is 5.91 Å². The Kier molecular flexibility index (Phi) is 6.08. The molecule has 0 aromatic heterocycles. The van der Waals surface area contributed by atoms with E-state index in [-0.39, 0.29) is 18.4 Å². The number of hydrogen-bond donors (Lipinski definition) is 1. The fourth-order valence-corrected chi connectivity index (χ4v) is 3.40. The van der Waals surface area contributed by atoms with Gasteiger partial charge >= 0.3 is 5.97 Å². The van der Waals surface area contributed by atoms with E-state index in [9.17, 15) is 14.7 Å². The van der Waals surface area contributed by atoms with Crippen molar-refractivity contribution in [2.24, 2.45) is 5.92 Å². The van der Waals surface area contributed by atoms with Crippen LogP contribution in [0, 0.1) is 5.92 Å². The zero-order valence-electron chi connectivity index (χ0n) is 15.2. The van der Waals surface area contributed by atoms with E-state index >= 15 is 0 Å². The topological polar surface area (TPSA) is 76.1 Å². The molecule has 6 heteroatoms. The molecule has 142 valence electrons. The summed E-state index contributed by atoms with van der Waals surface area (Å²) < 4.78 is 10.5. The van der Waals surface area contributed by atoms with Crippen molar-refractivity contribution >= 4 is 11.9 Å². The zero-order chi connectivity index (χ0) is 19.2. The summed E-state index contributed by atoms with van der Waals surface area (Å²) in [5.41, 5.74) is 1.43. The van der Waals surface area contributed by atoms with Crippen LogP contribution in [-0.2, 0) is 9.53 Å². The average Bonchev–Trinajstić information content (AvgIpc) is 3.14. The van der Waals surface area contributed by atoms with Crippen molar-refractivity contribution in [3.05, 3.63) is 65.7 Å². The molecule has 0 radical (unpaired) electrons. The van der Waals surface area contributed by atoms with Crippen LogP contribution in [0.3, 0.4) is 0 Å². The molecule has 0 spiro atoms. The molecule has 2 atom stereocenters. The Labute approximate surface area is 158 Å². The Hall–Kier alpha value is -2.86. The van der Waals surface area contributed by atoms with E-state index in [0.29, 0.717) is 31.1 Å². The molecule has 0 unspecified atom stereocenters. The first kappa shape index (κ1) is 18.9. The van der Waals surface area contributed by atoms with Crippen LogP contribution in [0.15, 0.2) is 54.6 Å². The molecule has 2 aromatic rings. The standard InChI is InChI=1S/C21H23NO5/c1-26-10-11-27-17-9-5-8-16(12-17)20(23)22-13-18(19(14-22)21(24)25)15-6-3-2-4-7-15/h2-9,12,18-19H,10-11,13-14H2,1H3,(H,24,25)/t18-,19-/m0/s1. The van der Waals surface area contributed by atoms with Gasteiger partial charge < -0.3 is 19.5 Å². The molecule has 27 heavy (non-hydrogen) atoms. The van der Waals surface area contributed by atoms with E-state index < -0.39 is 11.9 Å². The van der Waals surface area contributed by atoms with Crippen LogP contribution >= 0.6 is 0 Å². The van der Waals surface area contributed by atoms with Gasteiger partial charge in [0.05, 0.1) is 12.5 Å². The number of carboxylic acid groups (broad SMARTS) is 1. The second-order valence-corrected chi connectivity index (χ2v) is 6.54. The highest BCUT2D eigenvalue weighted by Gasteiger charge is 2.40. The van der Waals surface area contributed by atoms with E-state index in [2.05, 4.69) is 0 Å². The minimum absolute atomic E-state index is 0.183. The number of methoxy groups -OCH3 is 1. The Morgan fingerprint density at radius 1 is 1.07 bits per heavy atom. The SMILES string of the molecule is COCCOc1cccc(C(=O)N2C[C@H](C(=O)O)[C@H](c3ccccc3)C2)c1. The van der Waals surface area contributed by atoms with Gasteiger partial charge in [-0.3, -0.25) is 9.59 Å². The monoisotopic (exact) mass is 369 g/mol. The molecule has 0 saturated carbocycles. The normalized spacial score (nSPS) is 19.1. The number of carbonyl (C=O) groups excluding carboxylic acids is 1. The van der Waals surface area contributed by atoms with Crippen LogP contribution in [0.2, 0.25) is 0 Å². The molecule has 1 aliphatic heterocycles. The van der Waals surface area contributed by atoms with Gasteiger partial charge in [0.1, 0.15) is 12.4 Å². The number of hydrogen-bond acceptors (Lipinski definition) is 4. The number of rotatable bonds is 7. The Bertz CT molecular complexity index is 792. The van der Waals surface area contributed by atoms with Gasteiger partial charge in [-0.15, -0.1) is 0 Å². The maximum absolute atomic E-state index is 12.9. The van der Waals surface area contributed by atoms with E-state index in [4.69, 9.17) is 9.47 Å². The Morgan fingerprint density at radius 2 is 1.85 bits per heavy atom. The van der Waals surface area contributed by atoms with Crippen molar-refractivity contribution in [3.8, 4) is 5.75 Å². The maximum atomic E-state index is 12.9. The second-order valence-electron chi connectivity index (χ2n) is 6.54. The van der Waals surface area contributed by atoms with Crippen LogP contribution in [0.5, 0.6) is 5.75 Å². The van der Waals surface area contributed by atoms with Crippen LogP contribution in [0.4, 0.5) is 0 Å². The number of aliphatic carboxylic acids is 1. The minimum Gasteiger partial charge on any atom is -0.491 e. The van der Waals surface area contributed by atoms with Crippen LogP contribution in [0.1, 0.15) is 21.8 Å². The quantitative estimate of drug-likeness (QED) is 0.760. The van der Waals surface area contributed by atoms with Gasteiger partial charge in [-0.2, -0.15) is 0 Å². The predicted octanol–water partition coefficient (Wildman–Crippen LogP) is 2.65. The smallest absolute Gasteiger partial charge is 0.308 e. The molecular formula is C21H23NO5. The first-order valence-electron chi connectivity index (χ1n) is 8.89. The second kappa shape index (κ2) is 8.68. The van der Waals surface area contributed by atoms with Crippen LogP contribution < -0.4 is 4.74 Å². The van der Waals surface area contributed by atoms with E-state index in [1.54, 1.807) is 36.3 Å². The molecule has 6 nitrogen and oxygen atoms in total. The molecule has 1 saturated heterocycles. The van der Waals surface area contributed by atoms with Crippen molar-refractivity contribution < 1.29 is 24.2 Å². The molecule has 1 aliphatic rings. The zero-order valence-corrected chi connectivity index (χ0v) is 15.2. The van der Waals surface area contributed by atoms with Crippen LogP contribution in [-0.4, -0.2) is 55.3 Å². The average molecular weight is 369 g/mol. The third kappa shape index (κ3) is 4.46. The first-order valence-corrected chi connectivity index (χ1v) is 8.89. The fraction of sp³-hybridized carbons (Fsp3) is 0.333. The molecule has 1 amide bonds. The largest absolute Gasteiger partial charge is 0.491 e. The molecule has 2 aromatic carbocycles. The summed E-state index contributed by atoms with van der Waals surface area (Å²) in [6.45, 7) is 1.44. The number of nitrogens with zero attached hydrogens (tertiary/aromatic N) is 1. The minimum atomic E-state index is -0.879. The number of benzene rings is 2. The van der Waals surface area contributed by atoms with E-state index in [0.717, 1.165) is 5.56 Å². The van der Waals surface area contributed by atoms with Gasteiger partial charge in [-0.1, -0.05) is 36.4 Å². The van der Waals surface area contributed by atoms with Gasteiger partial charge in [-0.05, 0) is 23.8 Å². The maximum Gasteiger partial charge on any atom is 0.308 e. The lowest BCUT2D eigenvalue weighted by atomic mass is 9.89. The summed E-state index contributed by atoms with van der Waals surface area (Å²) in [7, 11) is 1.60. The molecule has 1 heterocycles. The fourth-order valence-electron chi connectivity index (χ4n) is 3.40. The lowest BCUT2D eigenvalue weighted by Gasteiger charge is -2.17. The summed E-state index contributed by atoms with van der Waals surface area (Å²) in [6, 6.07) is 16.4. The van der Waals surface area contributed by atoms with Gasteiger partial charge in [0.2, 0.25) is 0 Å². The van der Waals surface area contributed by atoms with Gasteiger partial charge in [0, 0.05) is 31.7 Å². The number of carboxylic acids is 1. The lowest BCUT2D eigenvalue weighted by Crippen LogP contribution is -2.29. The van der Waals surface area contributed by atoms with Crippen molar-refractivity contribution in [1.29, 1.82) is 0 Å². The summed E-state index contributed by atoms with van der Waals surface area (Å²) in [4.78, 5) is 26.3. The van der Waals surface area contributed by atoms with Gasteiger partial charge in [-0.25, -0.2) is 0 Å². The first-order chi connectivity index (χ1) is 13.1. The summed E-state index contributed by atoms with van der Waals surface area (Å²) in [6.07, 6.45) is 0. The summed E-state index contributed by atoms with van der Waals surface area (Å²) in [5.74, 6) is -1.30. The van der Waals surface area contributed by atoms with Crippen molar-refractivity contribution in [2.45, 2.75) is 5.92 Å². The molecule has 1 fully saturated rings. The highest BCUT2D eigenvalue weighted by molar-refractivity contribution is 5.95. The van der Waals surface area contributed by atoms with E-state index in [1.165, 1.54) is 0 Å². The molecule has 0 aliphatic carbocycles. The highest BCUT2D eigenvalue weighted by atomic mass is 16.5. The number of ether oxygens (including phenoxy) is 2. The van der Waals surface area contributed by atoms with E-state index in [1.807, 2.05) is 30.3 Å². The molecular weight excluding hydrogens is 346 g/mol. The van der Waals surface area contributed by atoms with Crippen molar-refractivity contribution in [1.82, 2.24) is 4.90 Å².